The molecule has 1 aromatic rings. The second kappa shape index (κ2) is 8.80. The van der Waals surface area contributed by atoms with E-state index < -0.39 is 0 Å². The minimum atomic E-state index is -0.201. The van der Waals surface area contributed by atoms with Gasteiger partial charge in [0.05, 0.1) is 13.5 Å². The van der Waals surface area contributed by atoms with E-state index in [9.17, 15) is 4.79 Å². The van der Waals surface area contributed by atoms with Crippen LogP contribution in [0.4, 0.5) is 0 Å². The predicted molar refractivity (Wildman–Crippen MR) is 84.4 cm³/mol. The van der Waals surface area contributed by atoms with Crippen molar-refractivity contribution in [2.45, 2.75) is 12.2 Å². The van der Waals surface area contributed by atoms with Crippen molar-refractivity contribution in [3.05, 3.63) is 34.9 Å². The van der Waals surface area contributed by atoms with Crippen molar-refractivity contribution in [2.75, 3.05) is 12.9 Å². The fourth-order valence-electron chi connectivity index (χ4n) is 1.08. The van der Waals surface area contributed by atoms with Crippen molar-refractivity contribution in [2.24, 2.45) is 0 Å². The molecule has 0 saturated heterocycles. The smallest absolute Gasteiger partial charge is 0.306 e. The summed E-state index contributed by atoms with van der Waals surface area (Å²) in [5.41, 5.74) is 1.18. The quantitative estimate of drug-likeness (QED) is 0.600. The largest absolute Gasteiger partial charge is 0.469 e. The number of ether oxygens (including phenoxy) is 1. The Kier molecular flexibility index (Phi) is 7.74. The maximum absolute atomic E-state index is 10.9. The van der Waals surface area contributed by atoms with Crippen LogP contribution in [0.15, 0.2) is 24.3 Å². The van der Waals surface area contributed by atoms with Crippen molar-refractivity contribution in [1.29, 1.82) is 0 Å². The van der Waals surface area contributed by atoms with E-state index in [1.54, 1.807) is 11.8 Å². The SMILES string of the molecule is COC(=O)CCSC(=S)SCc1ccc(Cl)cc1. The average molecular weight is 321 g/mol. The van der Waals surface area contributed by atoms with E-state index in [4.69, 9.17) is 23.8 Å². The van der Waals surface area contributed by atoms with Crippen molar-refractivity contribution >= 4 is 56.8 Å². The first-order valence-corrected chi connectivity index (χ1v) is 7.98. The molecule has 0 aromatic heterocycles. The van der Waals surface area contributed by atoms with Gasteiger partial charge in [-0.2, -0.15) is 0 Å². The Morgan fingerprint density at radius 2 is 2.00 bits per heavy atom. The topological polar surface area (TPSA) is 26.3 Å². The molecule has 1 aromatic carbocycles. The molecular weight excluding hydrogens is 308 g/mol. The Labute approximate surface area is 126 Å². The molecule has 0 saturated carbocycles. The van der Waals surface area contributed by atoms with Gasteiger partial charge >= 0.3 is 5.97 Å². The van der Waals surface area contributed by atoms with Gasteiger partial charge in [0.15, 0.2) is 0 Å². The Balaban J connectivity index is 2.21. The van der Waals surface area contributed by atoms with Gasteiger partial charge in [-0.3, -0.25) is 4.79 Å². The van der Waals surface area contributed by atoms with Crippen LogP contribution in [0.1, 0.15) is 12.0 Å². The molecule has 0 heterocycles. The van der Waals surface area contributed by atoms with Gasteiger partial charge in [0.1, 0.15) is 3.53 Å². The summed E-state index contributed by atoms with van der Waals surface area (Å²) in [6.07, 6.45) is 0.392. The number of hydrogen-bond donors (Lipinski definition) is 0. The molecule has 0 aliphatic carbocycles. The highest BCUT2D eigenvalue weighted by Crippen LogP contribution is 2.23. The number of carbonyl (C=O) groups is 1. The van der Waals surface area contributed by atoms with Gasteiger partial charge in [-0.25, -0.2) is 0 Å². The van der Waals surface area contributed by atoms with E-state index in [-0.39, 0.29) is 5.97 Å². The Hall–Kier alpha value is -0.230. The van der Waals surface area contributed by atoms with E-state index in [0.717, 1.165) is 14.3 Å². The summed E-state index contributed by atoms with van der Waals surface area (Å²) in [6, 6.07) is 7.70. The first-order valence-electron chi connectivity index (χ1n) is 5.22. The van der Waals surface area contributed by atoms with Crippen LogP contribution in [0.5, 0.6) is 0 Å². The maximum Gasteiger partial charge on any atom is 0.306 e. The number of methoxy groups -OCH3 is 1. The van der Waals surface area contributed by atoms with E-state index in [0.29, 0.717) is 12.2 Å². The molecule has 0 bridgehead atoms. The first-order chi connectivity index (χ1) is 8.61. The molecule has 1 rings (SSSR count). The zero-order valence-corrected chi connectivity index (χ0v) is 13.1. The third-order valence-electron chi connectivity index (χ3n) is 2.02. The maximum atomic E-state index is 10.9. The molecular formula is C12H13ClO2S3. The van der Waals surface area contributed by atoms with Crippen LogP contribution >= 0.6 is 47.3 Å². The van der Waals surface area contributed by atoms with Crippen molar-refractivity contribution in [1.82, 2.24) is 0 Å². The molecule has 0 spiro atoms. The molecule has 0 N–H and O–H groups in total. The van der Waals surface area contributed by atoms with Crippen LogP contribution in [0.2, 0.25) is 5.02 Å². The standard InChI is InChI=1S/C12H13ClO2S3/c1-15-11(14)6-7-17-12(16)18-8-9-2-4-10(13)5-3-9/h2-5H,6-8H2,1H3. The molecule has 2 nitrogen and oxygen atoms in total. The molecule has 0 amide bonds. The lowest BCUT2D eigenvalue weighted by atomic mass is 10.2. The Bertz CT molecular complexity index is 406. The molecule has 0 aliphatic heterocycles. The van der Waals surface area contributed by atoms with Gasteiger partial charge < -0.3 is 4.74 Å². The van der Waals surface area contributed by atoms with E-state index in [1.165, 1.54) is 24.4 Å². The highest BCUT2D eigenvalue weighted by Gasteiger charge is 2.04. The highest BCUT2D eigenvalue weighted by molar-refractivity contribution is 8.46. The van der Waals surface area contributed by atoms with Crippen LogP contribution in [0, 0.1) is 0 Å². The molecule has 0 fully saturated rings. The number of thioether (sulfide) groups is 2. The second-order valence-electron chi connectivity index (χ2n) is 3.34. The number of halogens is 1. The van der Waals surface area contributed by atoms with Crippen molar-refractivity contribution in [3.63, 3.8) is 0 Å². The number of hydrogen-bond acceptors (Lipinski definition) is 5. The molecule has 0 radical (unpaired) electrons. The van der Waals surface area contributed by atoms with Crippen LogP contribution in [-0.4, -0.2) is 22.4 Å². The van der Waals surface area contributed by atoms with Crippen LogP contribution in [0.3, 0.4) is 0 Å². The van der Waals surface area contributed by atoms with Gasteiger partial charge in [-0.15, -0.1) is 23.5 Å². The number of thiocarbonyl (C=S) groups is 1. The Morgan fingerprint density at radius 1 is 1.33 bits per heavy atom. The van der Waals surface area contributed by atoms with Crippen LogP contribution in [-0.2, 0) is 15.3 Å². The summed E-state index contributed by atoms with van der Waals surface area (Å²) < 4.78 is 5.40. The molecule has 0 atom stereocenters. The third-order valence-corrected chi connectivity index (χ3v) is 5.05. The van der Waals surface area contributed by atoms with E-state index in [1.807, 2.05) is 24.3 Å². The minimum absolute atomic E-state index is 0.201. The number of rotatable bonds is 5. The molecule has 0 aliphatic rings. The van der Waals surface area contributed by atoms with Gasteiger partial charge in [0, 0.05) is 16.5 Å². The van der Waals surface area contributed by atoms with Gasteiger partial charge in [-0.05, 0) is 17.7 Å². The molecule has 0 unspecified atom stereocenters. The Morgan fingerprint density at radius 3 is 2.61 bits per heavy atom. The summed E-state index contributed by atoms with van der Waals surface area (Å²) in [5.74, 6) is 1.29. The van der Waals surface area contributed by atoms with E-state index in [2.05, 4.69) is 4.74 Å². The predicted octanol–water partition coefficient (Wildman–Crippen LogP) is 4.15. The molecule has 98 valence electrons. The van der Waals surface area contributed by atoms with Gasteiger partial charge in [0.25, 0.3) is 0 Å². The number of benzene rings is 1. The van der Waals surface area contributed by atoms with Gasteiger partial charge in [-0.1, -0.05) is 36.0 Å². The summed E-state index contributed by atoms with van der Waals surface area (Å²) in [5, 5.41) is 0.735. The number of esters is 1. The monoisotopic (exact) mass is 320 g/mol. The highest BCUT2D eigenvalue weighted by atomic mass is 35.5. The summed E-state index contributed by atoms with van der Waals surface area (Å²) in [7, 11) is 1.39. The van der Waals surface area contributed by atoms with Crippen LogP contribution < -0.4 is 0 Å². The fourth-order valence-corrected chi connectivity index (χ4v) is 3.31. The van der Waals surface area contributed by atoms with E-state index >= 15 is 0 Å². The summed E-state index contributed by atoms with van der Waals surface area (Å²) in [4.78, 5) is 10.9. The summed E-state index contributed by atoms with van der Waals surface area (Å²) >= 11 is 14.1. The summed E-state index contributed by atoms with van der Waals surface area (Å²) in [6.45, 7) is 0. The normalized spacial score (nSPS) is 10.1. The average Bonchev–Trinajstić information content (AvgIpc) is 2.38. The van der Waals surface area contributed by atoms with Crippen LogP contribution in [0.25, 0.3) is 0 Å². The van der Waals surface area contributed by atoms with Crippen molar-refractivity contribution < 1.29 is 9.53 Å². The van der Waals surface area contributed by atoms with Crippen molar-refractivity contribution in [3.8, 4) is 0 Å². The van der Waals surface area contributed by atoms with Gasteiger partial charge in [0.2, 0.25) is 0 Å². The molecule has 6 heteroatoms. The third kappa shape index (κ3) is 6.64. The lowest BCUT2D eigenvalue weighted by Gasteiger charge is -2.03. The zero-order chi connectivity index (χ0) is 13.4. The minimum Gasteiger partial charge on any atom is -0.469 e. The molecule has 18 heavy (non-hydrogen) atoms. The fraction of sp³-hybridized carbons (Fsp3) is 0.333. The first kappa shape index (κ1) is 15.8. The lowest BCUT2D eigenvalue weighted by molar-refractivity contribution is -0.140. The number of carbonyl (C=O) groups excluding carboxylic acids is 1. The zero-order valence-electron chi connectivity index (χ0n) is 9.85. The lowest BCUT2D eigenvalue weighted by Crippen LogP contribution is -2.01. The second-order valence-corrected chi connectivity index (χ2v) is 7.05.